The predicted molar refractivity (Wildman–Crippen MR) is 101 cm³/mol. The molecule has 0 bridgehead atoms. The lowest BCUT2D eigenvalue weighted by Gasteiger charge is -2.37. The Labute approximate surface area is 152 Å². The Balaban J connectivity index is 1.53. The minimum absolute atomic E-state index is 0.0105. The van der Waals surface area contributed by atoms with E-state index in [0.29, 0.717) is 26.2 Å². The molecule has 0 radical (unpaired) electrons. The maximum atomic E-state index is 12.5. The van der Waals surface area contributed by atoms with Crippen molar-refractivity contribution in [3.8, 4) is 0 Å². The number of nitrogens with one attached hydrogen (secondary N) is 1. The van der Waals surface area contributed by atoms with Crippen molar-refractivity contribution >= 4 is 28.8 Å². The van der Waals surface area contributed by atoms with E-state index >= 15 is 0 Å². The van der Waals surface area contributed by atoms with Crippen molar-refractivity contribution < 1.29 is 9.59 Å². The Hall–Kier alpha value is -2.18. The summed E-state index contributed by atoms with van der Waals surface area (Å²) in [5.41, 5.74) is 1.94. The van der Waals surface area contributed by atoms with Gasteiger partial charge < -0.3 is 10.2 Å². The average molecular weight is 357 g/mol. The van der Waals surface area contributed by atoms with Gasteiger partial charge in [0.05, 0.1) is 10.9 Å². The van der Waals surface area contributed by atoms with Crippen molar-refractivity contribution in [3.05, 3.63) is 52.2 Å². The van der Waals surface area contributed by atoms with E-state index in [1.54, 1.807) is 0 Å². The molecule has 0 spiro atoms. The minimum Gasteiger partial charge on any atom is -0.335 e. The second kappa shape index (κ2) is 7.80. The highest BCUT2D eigenvalue weighted by molar-refractivity contribution is 7.12. The van der Waals surface area contributed by atoms with Gasteiger partial charge in [0.25, 0.3) is 5.91 Å². The Morgan fingerprint density at radius 3 is 2.52 bits per heavy atom. The van der Waals surface area contributed by atoms with Gasteiger partial charge in [0.1, 0.15) is 0 Å². The van der Waals surface area contributed by atoms with Crippen molar-refractivity contribution in [2.45, 2.75) is 19.9 Å². The van der Waals surface area contributed by atoms with E-state index in [9.17, 15) is 9.59 Å². The number of piperazine rings is 1. The first-order chi connectivity index (χ1) is 12.0. The first-order valence-corrected chi connectivity index (χ1v) is 9.37. The maximum absolute atomic E-state index is 12.5. The predicted octanol–water partition coefficient (Wildman–Crippen LogP) is 2.84. The summed E-state index contributed by atoms with van der Waals surface area (Å²) >= 11 is 1.47. The van der Waals surface area contributed by atoms with Crippen LogP contribution < -0.4 is 5.32 Å². The number of rotatable bonds is 4. The molecule has 5 nitrogen and oxygen atoms in total. The zero-order chi connectivity index (χ0) is 17.8. The van der Waals surface area contributed by atoms with Crippen LogP contribution in [0, 0.1) is 6.92 Å². The number of carbonyl (C=O) groups excluding carboxylic acids is 2. The van der Waals surface area contributed by atoms with E-state index in [1.165, 1.54) is 11.3 Å². The second-order valence-corrected chi connectivity index (χ2v) is 7.29. The van der Waals surface area contributed by atoms with Crippen LogP contribution >= 0.6 is 11.3 Å². The third-order valence-corrected chi connectivity index (χ3v) is 5.40. The van der Waals surface area contributed by atoms with Crippen LogP contribution in [0.15, 0.2) is 41.8 Å². The summed E-state index contributed by atoms with van der Waals surface area (Å²) in [6, 6.07) is 11.3. The highest BCUT2D eigenvalue weighted by atomic mass is 32.1. The van der Waals surface area contributed by atoms with Crippen molar-refractivity contribution in [1.29, 1.82) is 0 Å². The Kier molecular flexibility index (Phi) is 5.50. The van der Waals surface area contributed by atoms with Gasteiger partial charge in [-0.2, -0.15) is 0 Å². The van der Waals surface area contributed by atoms with Gasteiger partial charge in [0, 0.05) is 31.9 Å². The molecule has 3 rings (SSSR count). The molecule has 1 atom stereocenters. The first-order valence-electron chi connectivity index (χ1n) is 8.49. The lowest BCUT2D eigenvalue weighted by atomic mass is 10.2. The quantitative estimate of drug-likeness (QED) is 0.915. The minimum atomic E-state index is -0.223. The molecule has 0 aliphatic carbocycles. The van der Waals surface area contributed by atoms with Crippen LogP contribution in [0.1, 0.15) is 22.2 Å². The Morgan fingerprint density at radius 1 is 1.12 bits per heavy atom. The summed E-state index contributed by atoms with van der Waals surface area (Å²) in [5.74, 6) is 0.0788. The summed E-state index contributed by atoms with van der Waals surface area (Å²) < 4.78 is 0. The molecule has 2 amide bonds. The maximum Gasteiger partial charge on any atom is 0.264 e. The van der Waals surface area contributed by atoms with Crippen molar-refractivity contribution in [3.63, 3.8) is 0 Å². The number of hydrogen-bond acceptors (Lipinski definition) is 4. The van der Waals surface area contributed by atoms with Crippen LogP contribution in [-0.4, -0.2) is 53.8 Å². The number of nitrogens with zero attached hydrogens (tertiary/aromatic N) is 2. The number of thiophene rings is 1. The molecule has 6 heteroatoms. The third kappa shape index (κ3) is 4.27. The largest absolute Gasteiger partial charge is 0.335 e. The van der Waals surface area contributed by atoms with Gasteiger partial charge in [-0.05, 0) is 43.0 Å². The Bertz CT molecular complexity index is 737. The number of carbonyl (C=O) groups is 2. The van der Waals surface area contributed by atoms with Crippen molar-refractivity contribution in [1.82, 2.24) is 9.80 Å². The molecule has 1 aliphatic rings. The molecule has 1 aromatic heterocycles. The van der Waals surface area contributed by atoms with Crippen molar-refractivity contribution in [2.75, 3.05) is 31.5 Å². The van der Waals surface area contributed by atoms with Crippen molar-refractivity contribution in [2.24, 2.45) is 0 Å². The number of hydrogen-bond donors (Lipinski definition) is 1. The van der Waals surface area contributed by atoms with Gasteiger partial charge in [-0.15, -0.1) is 11.3 Å². The van der Waals surface area contributed by atoms with Gasteiger partial charge >= 0.3 is 0 Å². The topological polar surface area (TPSA) is 52.7 Å². The summed E-state index contributed by atoms with van der Waals surface area (Å²) in [6.07, 6.45) is 0. The molecule has 1 saturated heterocycles. The molecule has 0 unspecified atom stereocenters. The van der Waals surface area contributed by atoms with Gasteiger partial charge in [0.15, 0.2) is 0 Å². The fourth-order valence-electron chi connectivity index (χ4n) is 3.00. The first kappa shape index (κ1) is 17.6. The summed E-state index contributed by atoms with van der Waals surface area (Å²) in [6.45, 7) is 6.64. The molecule has 1 aromatic carbocycles. The third-order valence-electron chi connectivity index (χ3n) is 4.55. The zero-order valence-corrected chi connectivity index (χ0v) is 15.4. The van der Waals surface area contributed by atoms with Gasteiger partial charge in [-0.1, -0.05) is 18.2 Å². The summed E-state index contributed by atoms with van der Waals surface area (Å²) in [7, 11) is 0. The molecular formula is C19H23N3O2S. The highest BCUT2D eigenvalue weighted by Crippen LogP contribution is 2.16. The normalized spacial score (nSPS) is 16.5. The summed E-state index contributed by atoms with van der Waals surface area (Å²) in [4.78, 5) is 29.6. The molecule has 132 valence electrons. The van der Waals surface area contributed by atoms with E-state index < -0.39 is 0 Å². The van der Waals surface area contributed by atoms with Gasteiger partial charge in [0.2, 0.25) is 5.91 Å². The molecule has 25 heavy (non-hydrogen) atoms. The number of amides is 2. The van der Waals surface area contributed by atoms with E-state index in [0.717, 1.165) is 16.1 Å². The average Bonchev–Trinajstić information content (AvgIpc) is 3.15. The smallest absolute Gasteiger partial charge is 0.264 e. The van der Waals surface area contributed by atoms with E-state index in [4.69, 9.17) is 0 Å². The molecule has 1 aliphatic heterocycles. The van der Waals surface area contributed by atoms with Crippen LogP contribution in [0.3, 0.4) is 0 Å². The van der Waals surface area contributed by atoms with Crippen LogP contribution in [0.4, 0.5) is 5.69 Å². The summed E-state index contributed by atoms with van der Waals surface area (Å²) in [5, 5.41) is 4.89. The fraction of sp³-hybridized carbons (Fsp3) is 0.368. The molecular weight excluding hydrogens is 334 g/mol. The van der Waals surface area contributed by atoms with Crippen LogP contribution in [-0.2, 0) is 4.79 Å². The van der Waals surface area contributed by atoms with E-state index in [2.05, 4.69) is 10.2 Å². The van der Waals surface area contributed by atoms with E-state index in [-0.39, 0.29) is 17.9 Å². The molecule has 1 fully saturated rings. The number of anilines is 1. The molecule has 1 N–H and O–H groups in total. The van der Waals surface area contributed by atoms with Crippen LogP contribution in [0.25, 0.3) is 0 Å². The van der Waals surface area contributed by atoms with E-state index in [1.807, 2.05) is 60.5 Å². The second-order valence-electron chi connectivity index (χ2n) is 6.34. The van der Waals surface area contributed by atoms with Gasteiger partial charge in [-0.3, -0.25) is 14.5 Å². The highest BCUT2D eigenvalue weighted by Gasteiger charge is 2.28. The molecule has 2 aromatic rings. The van der Waals surface area contributed by atoms with Gasteiger partial charge in [-0.25, -0.2) is 0 Å². The monoisotopic (exact) mass is 357 g/mol. The Morgan fingerprint density at radius 2 is 1.88 bits per heavy atom. The SMILES string of the molecule is Cc1cccc(NC(=O)[C@H](C)N2CCN(C(=O)c3cccs3)CC2)c1. The standard InChI is InChI=1S/C19H23N3O2S/c1-14-5-3-6-16(13-14)20-18(23)15(2)21-8-10-22(11-9-21)19(24)17-7-4-12-25-17/h3-7,12-13,15H,8-11H2,1-2H3,(H,20,23)/t15-/m0/s1. The zero-order valence-electron chi connectivity index (χ0n) is 14.6. The number of aryl methyl sites for hydroxylation is 1. The van der Waals surface area contributed by atoms with Crippen LogP contribution in [0.5, 0.6) is 0 Å². The fourth-order valence-corrected chi connectivity index (χ4v) is 3.69. The lowest BCUT2D eigenvalue weighted by molar-refractivity contribution is -0.121. The van der Waals surface area contributed by atoms with Crippen LogP contribution in [0.2, 0.25) is 0 Å². The number of benzene rings is 1. The molecule has 0 saturated carbocycles. The lowest BCUT2D eigenvalue weighted by Crippen LogP contribution is -2.53. The molecule has 2 heterocycles.